The quantitative estimate of drug-likeness (QED) is 0.866. The van der Waals surface area contributed by atoms with E-state index in [0.29, 0.717) is 12.2 Å². The smallest absolute Gasteiger partial charge is 0.269 e. The molecule has 0 spiro atoms. The highest BCUT2D eigenvalue weighted by Gasteiger charge is 2.10. The van der Waals surface area contributed by atoms with Gasteiger partial charge in [0.25, 0.3) is 5.91 Å². The molecular weight excluding hydrogens is 238 g/mol. The van der Waals surface area contributed by atoms with Gasteiger partial charge >= 0.3 is 0 Å². The van der Waals surface area contributed by atoms with Crippen molar-refractivity contribution in [2.75, 3.05) is 18.4 Å². The lowest BCUT2D eigenvalue weighted by Crippen LogP contribution is -2.24. The lowest BCUT2D eigenvalue weighted by molar-refractivity contribution is 0.0951. The number of aromatic nitrogens is 1. The summed E-state index contributed by atoms with van der Waals surface area (Å²) in [7, 11) is 0. The van der Waals surface area contributed by atoms with Crippen LogP contribution in [0, 0.1) is 0 Å². The van der Waals surface area contributed by atoms with Crippen LogP contribution in [0.1, 0.15) is 30.8 Å². The number of pyridine rings is 1. The van der Waals surface area contributed by atoms with Crippen LogP contribution in [0.3, 0.4) is 0 Å². The van der Waals surface area contributed by atoms with Gasteiger partial charge in [0, 0.05) is 18.5 Å². The number of anilines is 1. The van der Waals surface area contributed by atoms with Crippen molar-refractivity contribution in [3.05, 3.63) is 36.0 Å². The third kappa shape index (κ3) is 3.02. The average molecular weight is 257 g/mol. The first kappa shape index (κ1) is 13.3. The van der Waals surface area contributed by atoms with Gasteiger partial charge in [-0.1, -0.05) is 31.2 Å². The van der Waals surface area contributed by atoms with Gasteiger partial charge in [-0.3, -0.25) is 4.79 Å². The molecule has 0 unspecified atom stereocenters. The lowest BCUT2D eigenvalue weighted by atomic mass is 10.1. The van der Waals surface area contributed by atoms with Gasteiger partial charge in [-0.2, -0.15) is 0 Å². The molecule has 4 nitrogen and oxygen atoms in total. The largest absolute Gasteiger partial charge is 0.370 e. The molecule has 19 heavy (non-hydrogen) atoms. The highest BCUT2D eigenvalue weighted by Crippen LogP contribution is 2.22. The van der Waals surface area contributed by atoms with E-state index >= 15 is 0 Å². The zero-order valence-corrected chi connectivity index (χ0v) is 11.4. The van der Waals surface area contributed by atoms with E-state index < -0.39 is 0 Å². The van der Waals surface area contributed by atoms with Gasteiger partial charge in [0.1, 0.15) is 11.5 Å². The minimum atomic E-state index is -0.132. The molecule has 100 valence electrons. The molecule has 0 fully saturated rings. The summed E-state index contributed by atoms with van der Waals surface area (Å²) in [5, 5.41) is 8.13. The predicted molar refractivity (Wildman–Crippen MR) is 78.5 cm³/mol. The van der Waals surface area contributed by atoms with Crippen LogP contribution in [0.15, 0.2) is 30.3 Å². The molecule has 0 saturated carbocycles. The van der Waals surface area contributed by atoms with Crippen molar-refractivity contribution in [1.29, 1.82) is 0 Å². The van der Waals surface area contributed by atoms with Crippen LogP contribution in [-0.4, -0.2) is 24.0 Å². The summed E-state index contributed by atoms with van der Waals surface area (Å²) in [6, 6.07) is 9.79. The zero-order valence-electron chi connectivity index (χ0n) is 11.4. The van der Waals surface area contributed by atoms with Crippen LogP contribution < -0.4 is 10.6 Å². The number of nitrogens with zero attached hydrogens (tertiary/aromatic N) is 1. The van der Waals surface area contributed by atoms with Gasteiger partial charge in [-0.15, -0.1) is 0 Å². The second kappa shape index (κ2) is 6.18. The molecular formula is C15H19N3O. The number of nitrogens with one attached hydrogen (secondary N) is 2. The molecule has 2 rings (SSSR count). The second-order valence-corrected chi connectivity index (χ2v) is 4.36. The lowest BCUT2D eigenvalue weighted by Gasteiger charge is -2.10. The molecule has 4 heteroatoms. The van der Waals surface area contributed by atoms with E-state index in [1.165, 1.54) is 0 Å². The van der Waals surface area contributed by atoms with E-state index in [1.807, 2.05) is 37.3 Å². The summed E-state index contributed by atoms with van der Waals surface area (Å²) in [6.07, 6.45) is 1.02. The van der Waals surface area contributed by atoms with E-state index in [1.54, 1.807) is 0 Å². The monoisotopic (exact) mass is 257 g/mol. The number of hydrogen-bond donors (Lipinski definition) is 2. The number of benzene rings is 1. The summed E-state index contributed by atoms with van der Waals surface area (Å²) in [5.74, 6) is 0.647. The molecule has 0 bridgehead atoms. The summed E-state index contributed by atoms with van der Waals surface area (Å²) in [5.41, 5.74) is 0.458. The van der Waals surface area contributed by atoms with Crippen molar-refractivity contribution < 1.29 is 4.79 Å². The molecule has 0 aliphatic heterocycles. The number of hydrogen-bond acceptors (Lipinski definition) is 3. The minimum absolute atomic E-state index is 0.132. The predicted octanol–water partition coefficient (Wildman–Crippen LogP) is 2.81. The molecule has 1 heterocycles. The number of carbonyl (C=O) groups excluding carboxylic acids is 1. The summed E-state index contributed by atoms with van der Waals surface area (Å²) < 4.78 is 0. The van der Waals surface area contributed by atoms with E-state index in [2.05, 4.69) is 22.5 Å². The van der Waals surface area contributed by atoms with Crippen molar-refractivity contribution in [2.45, 2.75) is 20.3 Å². The van der Waals surface area contributed by atoms with Crippen molar-refractivity contribution >= 4 is 22.5 Å². The Morgan fingerprint density at radius 1 is 1.26 bits per heavy atom. The van der Waals surface area contributed by atoms with Crippen molar-refractivity contribution in [1.82, 2.24) is 10.3 Å². The summed E-state index contributed by atoms with van der Waals surface area (Å²) in [6.45, 7) is 5.44. The van der Waals surface area contributed by atoms with Crippen LogP contribution in [0.2, 0.25) is 0 Å². The van der Waals surface area contributed by atoms with Crippen LogP contribution in [0.5, 0.6) is 0 Å². The molecule has 0 radical (unpaired) electrons. The Kier molecular flexibility index (Phi) is 4.34. The molecule has 0 atom stereocenters. The fourth-order valence-corrected chi connectivity index (χ4v) is 1.94. The zero-order chi connectivity index (χ0) is 13.7. The minimum Gasteiger partial charge on any atom is -0.370 e. The second-order valence-electron chi connectivity index (χ2n) is 4.36. The van der Waals surface area contributed by atoms with Crippen LogP contribution >= 0.6 is 0 Å². The maximum Gasteiger partial charge on any atom is 0.269 e. The van der Waals surface area contributed by atoms with Crippen molar-refractivity contribution in [3.63, 3.8) is 0 Å². The first-order valence-electron chi connectivity index (χ1n) is 6.68. The van der Waals surface area contributed by atoms with Crippen molar-refractivity contribution in [2.24, 2.45) is 0 Å². The highest BCUT2D eigenvalue weighted by atomic mass is 16.1. The normalized spacial score (nSPS) is 10.4. The Morgan fingerprint density at radius 2 is 2.05 bits per heavy atom. The number of fused-ring (bicyclic) bond motifs is 1. The Hall–Kier alpha value is -2.10. The Morgan fingerprint density at radius 3 is 2.79 bits per heavy atom. The SMILES string of the molecule is CCCNc1nc(C(=O)NCC)cc2ccccc12. The molecule has 2 aromatic rings. The fourth-order valence-electron chi connectivity index (χ4n) is 1.94. The maximum atomic E-state index is 11.9. The molecule has 2 N–H and O–H groups in total. The Balaban J connectivity index is 2.46. The van der Waals surface area contributed by atoms with E-state index in [9.17, 15) is 4.79 Å². The van der Waals surface area contributed by atoms with E-state index in [0.717, 1.165) is 29.6 Å². The number of rotatable bonds is 5. The van der Waals surface area contributed by atoms with Gasteiger partial charge in [0.2, 0.25) is 0 Å². The van der Waals surface area contributed by atoms with Gasteiger partial charge in [-0.25, -0.2) is 4.98 Å². The standard InChI is InChI=1S/C15H19N3O/c1-3-9-17-14-12-8-6-5-7-11(12)10-13(18-14)15(19)16-4-2/h5-8,10H,3-4,9H2,1-2H3,(H,16,19)(H,17,18). The number of carbonyl (C=O) groups is 1. The molecule has 1 amide bonds. The van der Waals surface area contributed by atoms with Gasteiger partial charge < -0.3 is 10.6 Å². The average Bonchev–Trinajstić information content (AvgIpc) is 2.44. The third-order valence-electron chi connectivity index (χ3n) is 2.85. The third-order valence-corrected chi connectivity index (χ3v) is 2.85. The molecule has 1 aromatic carbocycles. The van der Waals surface area contributed by atoms with Gasteiger partial charge in [0.15, 0.2) is 0 Å². The van der Waals surface area contributed by atoms with E-state index in [4.69, 9.17) is 0 Å². The summed E-state index contributed by atoms with van der Waals surface area (Å²) in [4.78, 5) is 16.3. The Labute approximate surface area is 113 Å². The van der Waals surface area contributed by atoms with E-state index in [-0.39, 0.29) is 5.91 Å². The van der Waals surface area contributed by atoms with Gasteiger partial charge in [0.05, 0.1) is 0 Å². The first-order chi connectivity index (χ1) is 9.26. The first-order valence-corrected chi connectivity index (χ1v) is 6.68. The highest BCUT2D eigenvalue weighted by molar-refractivity contribution is 6.00. The Bertz CT molecular complexity index is 581. The number of amides is 1. The summed E-state index contributed by atoms with van der Waals surface area (Å²) >= 11 is 0. The molecule has 0 saturated heterocycles. The maximum absolute atomic E-state index is 11.9. The molecule has 0 aliphatic carbocycles. The topological polar surface area (TPSA) is 54.0 Å². The van der Waals surface area contributed by atoms with Crippen LogP contribution in [-0.2, 0) is 0 Å². The fraction of sp³-hybridized carbons (Fsp3) is 0.333. The van der Waals surface area contributed by atoms with Crippen molar-refractivity contribution in [3.8, 4) is 0 Å². The van der Waals surface area contributed by atoms with Gasteiger partial charge in [-0.05, 0) is 24.8 Å². The molecule has 0 aliphatic rings. The van der Waals surface area contributed by atoms with Crippen LogP contribution in [0.25, 0.3) is 10.8 Å². The van der Waals surface area contributed by atoms with Crippen LogP contribution in [0.4, 0.5) is 5.82 Å². The molecule has 1 aromatic heterocycles.